The van der Waals surface area contributed by atoms with Gasteiger partial charge in [-0.3, -0.25) is 10.1 Å². The molecule has 0 aliphatic heterocycles. The maximum absolute atomic E-state index is 11.6. The molecule has 104 valence electrons. The molecule has 1 aromatic carbocycles. The third-order valence-corrected chi connectivity index (χ3v) is 3.63. The van der Waals surface area contributed by atoms with E-state index in [1.165, 1.54) is 11.8 Å². The summed E-state index contributed by atoms with van der Waals surface area (Å²) in [6, 6.07) is 5.12. The van der Waals surface area contributed by atoms with Crippen LogP contribution in [0.1, 0.15) is 18.9 Å². The van der Waals surface area contributed by atoms with Crippen LogP contribution in [0.25, 0.3) is 0 Å². The molecule has 1 aromatic rings. The molecule has 3 amide bonds. The lowest BCUT2D eigenvalue weighted by Gasteiger charge is -2.08. The Morgan fingerprint density at radius 2 is 2.11 bits per heavy atom. The van der Waals surface area contributed by atoms with Crippen molar-refractivity contribution >= 4 is 29.4 Å². The van der Waals surface area contributed by atoms with E-state index in [1.54, 1.807) is 0 Å². The Bertz CT molecular complexity index is 463. The molecule has 0 unspecified atom stereocenters. The number of hydrogen-bond donors (Lipinski definition) is 3. The normalized spacial score (nSPS) is 10.0. The predicted molar refractivity (Wildman–Crippen MR) is 78.1 cm³/mol. The first kappa shape index (κ1) is 15.4. The van der Waals surface area contributed by atoms with Gasteiger partial charge in [-0.05, 0) is 31.0 Å². The molecule has 0 aromatic heterocycles. The molecule has 1 rings (SSSR count). The summed E-state index contributed by atoms with van der Waals surface area (Å²) in [5.74, 6) is -0.135. The number of thioether (sulfide) groups is 1. The Morgan fingerprint density at radius 3 is 2.79 bits per heavy atom. The van der Waals surface area contributed by atoms with Crippen molar-refractivity contribution < 1.29 is 9.59 Å². The smallest absolute Gasteiger partial charge is 0.321 e. The van der Waals surface area contributed by atoms with E-state index in [4.69, 9.17) is 5.73 Å². The van der Waals surface area contributed by atoms with Crippen molar-refractivity contribution in [3.05, 3.63) is 23.8 Å². The fourth-order valence-corrected chi connectivity index (χ4v) is 2.24. The number of nitrogens with two attached hydrogens (primary N) is 1. The molecule has 4 N–H and O–H groups in total. The number of hydrogen-bond acceptors (Lipinski definition) is 4. The van der Waals surface area contributed by atoms with Crippen LogP contribution in [0.4, 0.5) is 10.5 Å². The zero-order chi connectivity index (χ0) is 14.3. The van der Waals surface area contributed by atoms with Gasteiger partial charge >= 0.3 is 6.03 Å². The summed E-state index contributed by atoms with van der Waals surface area (Å²) in [5.41, 5.74) is 7.44. The highest BCUT2D eigenvalue weighted by Gasteiger charge is 2.09. The maximum atomic E-state index is 11.6. The second-order valence-corrected chi connectivity index (χ2v) is 5.08. The van der Waals surface area contributed by atoms with E-state index < -0.39 is 6.03 Å². The molecule has 0 bridgehead atoms. The Balaban J connectivity index is 2.42. The van der Waals surface area contributed by atoms with Crippen molar-refractivity contribution in [2.75, 3.05) is 18.0 Å². The fraction of sp³-hybridized carbons (Fsp3) is 0.385. The number of anilines is 1. The van der Waals surface area contributed by atoms with Gasteiger partial charge in [0.2, 0.25) is 5.91 Å². The van der Waals surface area contributed by atoms with Crippen LogP contribution in [0.5, 0.6) is 0 Å². The monoisotopic (exact) mass is 281 g/mol. The lowest BCUT2D eigenvalue weighted by atomic mass is 10.2. The first-order valence-electron chi connectivity index (χ1n) is 6.10. The number of urea groups is 1. The molecule has 5 nitrogen and oxygen atoms in total. The van der Waals surface area contributed by atoms with Crippen molar-refractivity contribution in [3.63, 3.8) is 0 Å². The number of nitrogen functional groups attached to an aromatic ring is 1. The lowest BCUT2D eigenvalue weighted by Crippen LogP contribution is -2.40. The standard InChI is InChI=1S/C13H19N3O2S/c1-3-7-15-13(18)16-12(17)8-19-11-6-4-5-10(14)9(11)2/h4-6H,3,7-8,14H2,1-2H3,(H2,15,16,17,18). The van der Waals surface area contributed by atoms with Crippen LogP contribution in [0.3, 0.4) is 0 Å². The molecule has 0 saturated carbocycles. The molecule has 0 aliphatic carbocycles. The minimum atomic E-state index is -0.447. The largest absolute Gasteiger partial charge is 0.398 e. The Labute approximate surface area is 117 Å². The highest BCUT2D eigenvalue weighted by Crippen LogP contribution is 2.25. The first-order chi connectivity index (χ1) is 9.04. The van der Waals surface area contributed by atoms with Crippen LogP contribution in [0, 0.1) is 6.92 Å². The van der Waals surface area contributed by atoms with Crippen LogP contribution in [-0.4, -0.2) is 24.2 Å². The van der Waals surface area contributed by atoms with E-state index in [1.807, 2.05) is 32.0 Å². The summed E-state index contributed by atoms with van der Waals surface area (Å²) < 4.78 is 0. The maximum Gasteiger partial charge on any atom is 0.321 e. The Kier molecular flexibility index (Phi) is 6.21. The Morgan fingerprint density at radius 1 is 1.37 bits per heavy atom. The van der Waals surface area contributed by atoms with Gasteiger partial charge in [-0.2, -0.15) is 0 Å². The molecule has 0 saturated heterocycles. The molecule has 0 heterocycles. The average molecular weight is 281 g/mol. The molecule has 0 atom stereocenters. The van der Waals surface area contributed by atoms with Crippen LogP contribution >= 0.6 is 11.8 Å². The zero-order valence-electron chi connectivity index (χ0n) is 11.2. The van der Waals surface area contributed by atoms with E-state index in [-0.39, 0.29) is 11.7 Å². The van der Waals surface area contributed by atoms with E-state index in [0.29, 0.717) is 12.2 Å². The van der Waals surface area contributed by atoms with Crippen molar-refractivity contribution in [3.8, 4) is 0 Å². The van der Waals surface area contributed by atoms with Crippen molar-refractivity contribution in [1.82, 2.24) is 10.6 Å². The number of benzene rings is 1. The summed E-state index contributed by atoms with van der Waals surface area (Å²) in [5, 5.41) is 4.86. The molecule has 0 fully saturated rings. The highest BCUT2D eigenvalue weighted by atomic mass is 32.2. The lowest BCUT2D eigenvalue weighted by molar-refractivity contribution is -0.117. The van der Waals surface area contributed by atoms with Crippen molar-refractivity contribution in [1.29, 1.82) is 0 Å². The summed E-state index contributed by atoms with van der Waals surface area (Å²) in [6.07, 6.45) is 0.832. The van der Waals surface area contributed by atoms with Gasteiger partial charge in [-0.1, -0.05) is 13.0 Å². The second kappa shape index (κ2) is 7.68. The van der Waals surface area contributed by atoms with Crippen LogP contribution in [0.15, 0.2) is 23.1 Å². The van der Waals surface area contributed by atoms with Crippen LogP contribution in [0.2, 0.25) is 0 Å². The fourth-order valence-electron chi connectivity index (χ4n) is 1.38. The summed E-state index contributed by atoms with van der Waals surface area (Å²) in [4.78, 5) is 23.8. The molecule has 0 aliphatic rings. The summed E-state index contributed by atoms with van der Waals surface area (Å²) in [6.45, 7) is 4.41. The van der Waals surface area contributed by atoms with Crippen molar-refractivity contribution in [2.45, 2.75) is 25.2 Å². The number of nitrogens with one attached hydrogen (secondary N) is 2. The SMILES string of the molecule is CCCNC(=O)NC(=O)CSc1cccc(N)c1C. The van der Waals surface area contributed by atoms with Gasteiger partial charge in [-0.15, -0.1) is 11.8 Å². The average Bonchev–Trinajstić information content (AvgIpc) is 2.38. The number of imide groups is 1. The minimum Gasteiger partial charge on any atom is -0.398 e. The molecular formula is C13H19N3O2S. The number of amides is 3. The quantitative estimate of drug-likeness (QED) is 0.568. The van der Waals surface area contributed by atoms with Gasteiger partial charge in [-0.25, -0.2) is 4.79 Å². The van der Waals surface area contributed by atoms with Gasteiger partial charge in [0.1, 0.15) is 0 Å². The third-order valence-electron chi connectivity index (χ3n) is 2.47. The van der Waals surface area contributed by atoms with Gasteiger partial charge in [0.25, 0.3) is 0 Å². The van der Waals surface area contributed by atoms with Gasteiger partial charge in [0.15, 0.2) is 0 Å². The van der Waals surface area contributed by atoms with E-state index in [0.717, 1.165) is 16.9 Å². The molecule has 0 radical (unpaired) electrons. The summed E-state index contributed by atoms with van der Waals surface area (Å²) in [7, 11) is 0. The van der Waals surface area contributed by atoms with E-state index in [9.17, 15) is 9.59 Å². The number of carbonyl (C=O) groups is 2. The third kappa shape index (κ3) is 5.21. The van der Waals surface area contributed by atoms with Crippen LogP contribution < -0.4 is 16.4 Å². The number of carbonyl (C=O) groups excluding carboxylic acids is 2. The summed E-state index contributed by atoms with van der Waals surface area (Å²) >= 11 is 1.36. The highest BCUT2D eigenvalue weighted by molar-refractivity contribution is 8.00. The van der Waals surface area contributed by atoms with Gasteiger partial charge in [0, 0.05) is 17.1 Å². The first-order valence-corrected chi connectivity index (χ1v) is 7.08. The molecule has 0 spiro atoms. The molecular weight excluding hydrogens is 262 g/mol. The molecule has 19 heavy (non-hydrogen) atoms. The number of rotatable bonds is 5. The Hall–Kier alpha value is -1.69. The topological polar surface area (TPSA) is 84.2 Å². The zero-order valence-corrected chi connectivity index (χ0v) is 12.0. The van der Waals surface area contributed by atoms with Crippen molar-refractivity contribution in [2.24, 2.45) is 0 Å². The van der Waals surface area contributed by atoms with E-state index >= 15 is 0 Å². The van der Waals surface area contributed by atoms with Crippen LogP contribution in [-0.2, 0) is 4.79 Å². The van der Waals surface area contributed by atoms with Gasteiger partial charge < -0.3 is 11.1 Å². The van der Waals surface area contributed by atoms with E-state index in [2.05, 4.69) is 10.6 Å². The minimum absolute atomic E-state index is 0.184. The predicted octanol–water partition coefficient (Wildman–Crippen LogP) is 1.91. The van der Waals surface area contributed by atoms with Gasteiger partial charge in [0.05, 0.1) is 5.75 Å². The second-order valence-electron chi connectivity index (χ2n) is 4.06. The molecule has 6 heteroatoms.